The average molecular weight is 326 g/mol. The molecule has 2 aromatic carbocycles. The number of hydrogen-bond acceptors (Lipinski definition) is 4. The van der Waals surface area contributed by atoms with Gasteiger partial charge >= 0.3 is 5.97 Å². The number of nitrogens with one attached hydrogen (secondary N) is 1. The molecule has 0 amide bonds. The lowest BCUT2D eigenvalue weighted by molar-refractivity contribution is 0.0601. The summed E-state index contributed by atoms with van der Waals surface area (Å²) in [5.41, 5.74) is 0.257. The van der Waals surface area contributed by atoms with Gasteiger partial charge in [0.25, 0.3) is 0 Å². The second-order valence-electron chi connectivity index (χ2n) is 4.28. The van der Waals surface area contributed by atoms with Crippen LogP contribution in [0.1, 0.15) is 20.7 Å². The standard InChI is InChI=1S/C15H10ClF2NO3/c1-22-15(21)10-5-11(16)12(18)6-14(10)19-13-3-2-9(17)4-8(13)7-20/h2-7,19H,1H3. The van der Waals surface area contributed by atoms with Gasteiger partial charge in [0.1, 0.15) is 11.6 Å². The molecule has 22 heavy (non-hydrogen) atoms. The van der Waals surface area contributed by atoms with Gasteiger partial charge in [-0.05, 0) is 30.3 Å². The minimum atomic E-state index is -0.758. The highest BCUT2D eigenvalue weighted by Gasteiger charge is 2.17. The third-order valence-corrected chi connectivity index (χ3v) is 3.17. The molecule has 2 rings (SSSR count). The van der Waals surface area contributed by atoms with E-state index in [0.29, 0.717) is 6.29 Å². The maximum atomic E-state index is 13.6. The molecule has 0 aliphatic heterocycles. The lowest BCUT2D eigenvalue weighted by Gasteiger charge is -2.13. The van der Waals surface area contributed by atoms with E-state index in [4.69, 9.17) is 11.6 Å². The molecule has 0 aromatic heterocycles. The van der Waals surface area contributed by atoms with Crippen molar-refractivity contribution in [3.8, 4) is 0 Å². The summed E-state index contributed by atoms with van der Waals surface area (Å²) in [6.07, 6.45) is 0.440. The van der Waals surface area contributed by atoms with Crippen molar-refractivity contribution in [1.82, 2.24) is 0 Å². The zero-order chi connectivity index (χ0) is 16.3. The number of carbonyl (C=O) groups is 2. The number of halogens is 3. The second-order valence-corrected chi connectivity index (χ2v) is 4.69. The van der Waals surface area contributed by atoms with E-state index in [0.717, 1.165) is 31.4 Å². The summed E-state index contributed by atoms with van der Waals surface area (Å²) in [5.74, 6) is -2.09. The third-order valence-electron chi connectivity index (χ3n) is 2.88. The number of benzene rings is 2. The Kier molecular flexibility index (Phi) is 4.72. The van der Waals surface area contributed by atoms with Crippen LogP contribution in [0.15, 0.2) is 30.3 Å². The Hall–Kier alpha value is -2.47. The van der Waals surface area contributed by atoms with E-state index in [-0.39, 0.29) is 27.5 Å². The van der Waals surface area contributed by atoms with E-state index in [2.05, 4.69) is 10.1 Å². The molecule has 4 nitrogen and oxygen atoms in total. The monoisotopic (exact) mass is 325 g/mol. The van der Waals surface area contributed by atoms with Crippen molar-refractivity contribution in [3.63, 3.8) is 0 Å². The van der Waals surface area contributed by atoms with Crippen molar-refractivity contribution in [2.24, 2.45) is 0 Å². The summed E-state index contributed by atoms with van der Waals surface area (Å²) in [5, 5.41) is 2.46. The van der Waals surface area contributed by atoms with Crippen LogP contribution in [0.25, 0.3) is 0 Å². The zero-order valence-corrected chi connectivity index (χ0v) is 12.1. The summed E-state index contributed by atoms with van der Waals surface area (Å²) in [6, 6.07) is 5.53. The lowest BCUT2D eigenvalue weighted by atomic mass is 10.1. The number of rotatable bonds is 4. The SMILES string of the molecule is COC(=O)c1cc(Cl)c(F)cc1Nc1ccc(F)cc1C=O. The number of anilines is 2. The highest BCUT2D eigenvalue weighted by atomic mass is 35.5. The minimum absolute atomic E-state index is 0.0185. The number of ether oxygens (including phenoxy) is 1. The van der Waals surface area contributed by atoms with Gasteiger partial charge in [0.05, 0.1) is 23.4 Å². The van der Waals surface area contributed by atoms with Crippen LogP contribution >= 0.6 is 11.6 Å². The predicted molar refractivity (Wildman–Crippen MR) is 77.8 cm³/mol. The van der Waals surface area contributed by atoms with E-state index in [1.165, 1.54) is 6.07 Å². The largest absolute Gasteiger partial charge is 0.465 e. The Balaban J connectivity index is 2.51. The highest BCUT2D eigenvalue weighted by molar-refractivity contribution is 6.31. The molecule has 0 aliphatic rings. The molecule has 7 heteroatoms. The van der Waals surface area contributed by atoms with Gasteiger partial charge in [-0.2, -0.15) is 0 Å². The van der Waals surface area contributed by atoms with Gasteiger partial charge < -0.3 is 10.1 Å². The fourth-order valence-corrected chi connectivity index (χ4v) is 1.98. The third kappa shape index (κ3) is 3.23. The first-order valence-electron chi connectivity index (χ1n) is 6.05. The molecule has 0 fully saturated rings. The van der Waals surface area contributed by atoms with Crippen LogP contribution in [-0.4, -0.2) is 19.4 Å². The van der Waals surface area contributed by atoms with Gasteiger partial charge in [-0.25, -0.2) is 13.6 Å². The summed E-state index contributed by atoms with van der Waals surface area (Å²) in [4.78, 5) is 22.7. The van der Waals surface area contributed by atoms with Gasteiger partial charge in [-0.1, -0.05) is 11.6 Å². The van der Waals surface area contributed by atoms with E-state index < -0.39 is 17.6 Å². The number of esters is 1. The van der Waals surface area contributed by atoms with Gasteiger partial charge in [-0.3, -0.25) is 4.79 Å². The molecule has 0 saturated carbocycles. The van der Waals surface area contributed by atoms with Crippen LogP contribution in [0.2, 0.25) is 5.02 Å². The summed E-state index contributed by atoms with van der Waals surface area (Å²) in [7, 11) is 1.16. The van der Waals surface area contributed by atoms with Crippen molar-refractivity contribution in [1.29, 1.82) is 0 Å². The van der Waals surface area contributed by atoms with E-state index in [1.807, 2.05) is 0 Å². The van der Waals surface area contributed by atoms with Crippen molar-refractivity contribution >= 4 is 35.2 Å². The smallest absolute Gasteiger partial charge is 0.340 e. The molecular weight excluding hydrogens is 316 g/mol. The molecule has 0 saturated heterocycles. The Morgan fingerprint density at radius 1 is 1.23 bits per heavy atom. The summed E-state index contributed by atoms with van der Waals surface area (Å²) in [6.45, 7) is 0. The van der Waals surface area contributed by atoms with Crippen molar-refractivity contribution in [3.05, 3.63) is 58.1 Å². The molecule has 0 atom stereocenters. The maximum Gasteiger partial charge on any atom is 0.340 e. The molecule has 0 heterocycles. The van der Waals surface area contributed by atoms with Gasteiger partial charge in [0, 0.05) is 11.3 Å². The zero-order valence-electron chi connectivity index (χ0n) is 11.3. The van der Waals surface area contributed by atoms with Crippen LogP contribution in [0.3, 0.4) is 0 Å². The van der Waals surface area contributed by atoms with Crippen molar-refractivity contribution in [2.75, 3.05) is 12.4 Å². The van der Waals surface area contributed by atoms with Gasteiger partial charge in [0.2, 0.25) is 0 Å². The molecule has 0 aliphatic carbocycles. The van der Waals surface area contributed by atoms with E-state index in [9.17, 15) is 18.4 Å². The van der Waals surface area contributed by atoms with E-state index in [1.54, 1.807) is 0 Å². The molecule has 0 spiro atoms. The lowest BCUT2D eigenvalue weighted by Crippen LogP contribution is -2.07. The van der Waals surface area contributed by atoms with Crippen LogP contribution in [0, 0.1) is 11.6 Å². The predicted octanol–water partition coefficient (Wildman–Crippen LogP) is 3.96. The van der Waals surface area contributed by atoms with Gasteiger partial charge in [-0.15, -0.1) is 0 Å². The Morgan fingerprint density at radius 2 is 1.95 bits per heavy atom. The van der Waals surface area contributed by atoms with Crippen LogP contribution in [0.4, 0.5) is 20.2 Å². The molecule has 0 bridgehead atoms. The first-order valence-corrected chi connectivity index (χ1v) is 6.43. The van der Waals surface area contributed by atoms with Gasteiger partial charge in [0.15, 0.2) is 6.29 Å². The second kappa shape index (κ2) is 6.53. The molecule has 0 radical (unpaired) electrons. The normalized spacial score (nSPS) is 10.2. The first kappa shape index (κ1) is 15.9. The molecule has 2 aromatic rings. The molecule has 1 N–H and O–H groups in total. The molecule has 0 unspecified atom stereocenters. The quantitative estimate of drug-likeness (QED) is 0.683. The fraction of sp³-hybridized carbons (Fsp3) is 0.0667. The maximum absolute atomic E-state index is 13.6. The van der Waals surface area contributed by atoms with Crippen molar-refractivity contribution < 1.29 is 23.1 Å². The number of aldehydes is 1. The Morgan fingerprint density at radius 3 is 2.59 bits per heavy atom. The van der Waals surface area contributed by atoms with Crippen LogP contribution in [-0.2, 0) is 4.74 Å². The number of carbonyl (C=O) groups excluding carboxylic acids is 2. The van der Waals surface area contributed by atoms with E-state index >= 15 is 0 Å². The summed E-state index contributed by atoms with van der Waals surface area (Å²) >= 11 is 5.65. The van der Waals surface area contributed by atoms with Crippen LogP contribution < -0.4 is 5.32 Å². The van der Waals surface area contributed by atoms with Crippen molar-refractivity contribution in [2.45, 2.75) is 0 Å². The Labute approximate surface area is 129 Å². The minimum Gasteiger partial charge on any atom is -0.465 e. The molecule has 114 valence electrons. The summed E-state index contributed by atoms with van der Waals surface area (Å²) < 4.78 is 31.3. The number of hydrogen-bond donors (Lipinski definition) is 1. The molecular formula is C15H10ClF2NO3. The topological polar surface area (TPSA) is 55.4 Å². The van der Waals surface area contributed by atoms with Crippen LogP contribution in [0.5, 0.6) is 0 Å². The average Bonchev–Trinajstić information content (AvgIpc) is 2.51. The Bertz CT molecular complexity index is 750. The fourth-order valence-electron chi connectivity index (χ4n) is 1.82. The highest BCUT2D eigenvalue weighted by Crippen LogP contribution is 2.29. The number of methoxy groups -OCH3 is 1. The first-order chi connectivity index (χ1) is 10.5.